The van der Waals surface area contributed by atoms with Crippen molar-refractivity contribution >= 4 is 17.4 Å². The normalized spacial score (nSPS) is 15.8. The summed E-state index contributed by atoms with van der Waals surface area (Å²) in [6.45, 7) is 4.00. The molecule has 1 unspecified atom stereocenters. The number of benzene rings is 1. The molecule has 0 spiro atoms. The average Bonchev–Trinajstić information content (AvgIpc) is 3.02. The number of ether oxygens (including phenoxy) is 1. The zero-order valence-corrected chi connectivity index (χ0v) is 14.0. The minimum atomic E-state index is -4.40. The number of rotatable bonds is 2. The lowest BCUT2D eigenvalue weighted by Crippen LogP contribution is -2.30. The van der Waals surface area contributed by atoms with Gasteiger partial charge in [0.25, 0.3) is 5.56 Å². The van der Waals surface area contributed by atoms with E-state index in [1.54, 1.807) is 12.1 Å². The molecule has 5 nitrogen and oxygen atoms in total. The molecule has 0 bridgehead atoms. The summed E-state index contributed by atoms with van der Waals surface area (Å²) in [4.78, 5) is 11.5. The Kier molecular flexibility index (Phi) is 5.43. The highest BCUT2D eigenvalue weighted by Gasteiger charge is 2.45. The van der Waals surface area contributed by atoms with Crippen molar-refractivity contribution in [1.82, 2.24) is 10.2 Å². The Morgan fingerprint density at radius 2 is 1.92 bits per heavy atom. The lowest BCUT2D eigenvalue weighted by molar-refractivity contribution is -0.123. The molecule has 1 aromatic heterocycles. The molecular formula is C15H16F3N3O2S. The Labute approximate surface area is 140 Å². The van der Waals surface area contributed by atoms with Crippen LogP contribution in [0.1, 0.15) is 13.8 Å². The van der Waals surface area contributed by atoms with E-state index in [1.165, 1.54) is 19.2 Å². The number of aromatic nitrogens is 2. The molecule has 1 aromatic carbocycles. The largest absolute Gasteiger partial charge is 0.495 e. The highest BCUT2D eigenvalue weighted by molar-refractivity contribution is 8.00. The van der Waals surface area contributed by atoms with E-state index in [-0.39, 0.29) is 11.2 Å². The van der Waals surface area contributed by atoms with Gasteiger partial charge in [0.1, 0.15) is 5.75 Å². The van der Waals surface area contributed by atoms with Gasteiger partial charge < -0.3 is 10.1 Å². The van der Waals surface area contributed by atoms with Crippen LogP contribution < -0.4 is 15.6 Å². The van der Waals surface area contributed by atoms with Gasteiger partial charge in [-0.05, 0) is 18.2 Å². The van der Waals surface area contributed by atoms with Crippen molar-refractivity contribution in [3.8, 4) is 17.0 Å². The van der Waals surface area contributed by atoms with Crippen LogP contribution in [0, 0.1) is 0 Å². The highest BCUT2D eigenvalue weighted by Crippen LogP contribution is 2.52. The molecule has 1 aliphatic rings. The van der Waals surface area contributed by atoms with E-state index in [0.29, 0.717) is 33.7 Å². The molecule has 2 aromatic rings. The maximum absolute atomic E-state index is 13.0. The van der Waals surface area contributed by atoms with Gasteiger partial charge in [0, 0.05) is 16.5 Å². The molecule has 2 heterocycles. The summed E-state index contributed by atoms with van der Waals surface area (Å²) in [5.41, 5.74) is 0.778. The second-order valence-electron chi connectivity index (χ2n) is 4.51. The van der Waals surface area contributed by atoms with E-state index in [4.69, 9.17) is 4.74 Å². The maximum Gasteiger partial charge on any atom is 0.418 e. The molecule has 1 atom stereocenters. The van der Waals surface area contributed by atoms with Crippen LogP contribution in [0.3, 0.4) is 0 Å². The van der Waals surface area contributed by atoms with E-state index in [9.17, 15) is 18.0 Å². The van der Waals surface area contributed by atoms with Crippen molar-refractivity contribution in [2.24, 2.45) is 0 Å². The molecule has 24 heavy (non-hydrogen) atoms. The molecule has 9 heteroatoms. The number of nitrogens with zero attached hydrogens (tertiary/aromatic N) is 1. The Morgan fingerprint density at radius 3 is 2.46 bits per heavy atom. The first-order valence-corrected chi connectivity index (χ1v) is 8.05. The number of fused-ring (bicyclic) bond motifs is 1. The van der Waals surface area contributed by atoms with Gasteiger partial charge in [-0.1, -0.05) is 25.6 Å². The van der Waals surface area contributed by atoms with Crippen molar-refractivity contribution in [2.75, 3.05) is 12.4 Å². The van der Waals surface area contributed by atoms with Crippen LogP contribution in [-0.4, -0.2) is 28.9 Å². The van der Waals surface area contributed by atoms with Gasteiger partial charge in [-0.2, -0.15) is 18.3 Å². The SMILES string of the molecule is CC.COc1ccc(-c2ccc(=O)[nH]n2)c2c1NC(C(F)(F)F)S2. The summed E-state index contributed by atoms with van der Waals surface area (Å²) >= 11 is 0.650. The first-order chi connectivity index (χ1) is 11.4. The topological polar surface area (TPSA) is 67.0 Å². The quantitative estimate of drug-likeness (QED) is 0.852. The molecule has 0 amide bonds. The van der Waals surface area contributed by atoms with E-state index < -0.39 is 11.6 Å². The van der Waals surface area contributed by atoms with Crippen molar-refractivity contribution in [3.63, 3.8) is 0 Å². The fourth-order valence-corrected chi connectivity index (χ4v) is 3.24. The fraction of sp³-hybridized carbons (Fsp3) is 0.333. The van der Waals surface area contributed by atoms with Gasteiger partial charge in [0.2, 0.25) is 0 Å². The van der Waals surface area contributed by atoms with Crippen LogP contribution in [0.4, 0.5) is 18.9 Å². The number of hydrogen-bond acceptors (Lipinski definition) is 5. The summed E-state index contributed by atoms with van der Waals surface area (Å²) in [5, 5.41) is 6.82. The monoisotopic (exact) mass is 359 g/mol. The minimum absolute atomic E-state index is 0.278. The number of methoxy groups -OCH3 is 1. The van der Waals surface area contributed by atoms with Crippen molar-refractivity contribution < 1.29 is 17.9 Å². The predicted molar refractivity (Wildman–Crippen MR) is 87.5 cm³/mol. The summed E-state index contributed by atoms with van der Waals surface area (Å²) in [7, 11) is 1.39. The van der Waals surface area contributed by atoms with E-state index in [1.807, 2.05) is 13.8 Å². The number of nitrogens with one attached hydrogen (secondary N) is 2. The standard InChI is InChI=1S/C13H10F3N3O2S.C2H6/c1-21-8-4-2-6(7-3-5-9(20)19-18-7)11-10(8)17-12(22-11)13(14,15)16;1-2/h2-5,12,17H,1H3,(H,19,20);1-2H3. The summed E-state index contributed by atoms with van der Waals surface area (Å²) in [5.74, 6) is 0.322. The lowest BCUT2D eigenvalue weighted by Gasteiger charge is -2.14. The number of alkyl halides is 3. The fourth-order valence-electron chi connectivity index (χ4n) is 2.12. The molecule has 130 valence electrons. The van der Waals surface area contributed by atoms with Crippen molar-refractivity contribution in [2.45, 2.75) is 30.3 Å². The smallest absolute Gasteiger partial charge is 0.418 e. The van der Waals surface area contributed by atoms with Crippen LogP contribution in [0.5, 0.6) is 5.75 Å². The third-order valence-corrected chi connectivity index (χ3v) is 4.38. The van der Waals surface area contributed by atoms with Gasteiger partial charge in [-0.25, -0.2) is 5.10 Å². The van der Waals surface area contributed by atoms with Crippen LogP contribution >= 0.6 is 11.8 Å². The van der Waals surface area contributed by atoms with Crippen molar-refractivity contribution in [3.05, 3.63) is 34.6 Å². The molecule has 0 fully saturated rings. The van der Waals surface area contributed by atoms with Crippen LogP contribution in [0.2, 0.25) is 0 Å². The average molecular weight is 359 g/mol. The summed E-state index contributed by atoms with van der Waals surface area (Å²) in [6, 6.07) is 5.91. The van der Waals surface area contributed by atoms with Crippen LogP contribution in [0.25, 0.3) is 11.3 Å². The number of aromatic amines is 1. The molecule has 0 saturated carbocycles. The van der Waals surface area contributed by atoms with Gasteiger partial charge >= 0.3 is 6.18 Å². The third kappa shape index (κ3) is 3.50. The van der Waals surface area contributed by atoms with Crippen molar-refractivity contribution in [1.29, 1.82) is 0 Å². The molecule has 0 radical (unpaired) electrons. The van der Waals surface area contributed by atoms with Gasteiger partial charge in [-0.3, -0.25) is 4.79 Å². The van der Waals surface area contributed by atoms with Crippen LogP contribution in [-0.2, 0) is 0 Å². The number of anilines is 1. The molecular weight excluding hydrogens is 343 g/mol. The third-order valence-electron chi connectivity index (χ3n) is 3.10. The Bertz CT molecular complexity index is 757. The van der Waals surface area contributed by atoms with Gasteiger partial charge in [-0.15, -0.1) is 0 Å². The van der Waals surface area contributed by atoms with E-state index in [2.05, 4.69) is 15.5 Å². The second-order valence-corrected chi connectivity index (χ2v) is 5.63. The van der Waals surface area contributed by atoms with Gasteiger partial charge in [0.15, 0.2) is 5.37 Å². The second kappa shape index (κ2) is 7.16. The van der Waals surface area contributed by atoms with E-state index >= 15 is 0 Å². The zero-order valence-electron chi connectivity index (χ0n) is 13.2. The number of hydrogen-bond donors (Lipinski definition) is 2. The molecule has 3 rings (SSSR count). The highest BCUT2D eigenvalue weighted by atomic mass is 32.2. The Balaban J connectivity index is 0.00000100. The first kappa shape index (κ1) is 18.2. The number of halogens is 3. The maximum atomic E-state index is 13.0. The van der Waals surface area contributed by atoms with Gasteiger partial charge in [0.05, 0.1) is 18.5 Å². The molecule has 2 N–H and O–H groups in total. The number of H-pyrrole nitrogens is 1. The summed E-state index contributed by atoms with van der Waals surface area (Å²) in [6.07, 6.45) is -4.40. The first-order valence-electron chi connectivity index (χ1n) is 7.17. The minimum Gasteiger partial charge on any atom is -0.495 e. The zero-order chi connectivity index (χ0) is 17.9. The number of thioether (sulfide) groups is 1. The molecule has 0 saturated heterocycles. The van der Waals surface area contributed by atoms with E-state index in [0.717, 1.165) is 0 Å². The Morgan fingerprint density at radius 1 is 1.21 bits per heavy atom. The van der Waals surface area contributed by atoms with Crippen LogP contribution in [0.15, 0.2) is 34.0 Å². The molecule has 1 aliphatic heterocycles. The Hall–Kier alpha value is -2.16. The molecule has 0 aliphatic carbocycles. The summed E-state index contributed by atoms with van der Waals surface area (Å²) < 4.78 is 44.0. The predicted octanol–water partition coefficient (Wildman–Crippen LogP) is 3.88. The lowest BCUT2D eigenvalue weighted by atomic mass is 10.1.